The van der Waals surface area contributed by atoms with Crippen LogP contribution in [0, 0.1) is 13.8 Å². The first-order valence-electron chi connectivity index (χ1n) is 8.17. The molecule has 22 heavy (non-hydrogen) atoms. The number of hydrogen-bond acceptors (Lipinski definition) is 3. The summed E-state index contributed by atoms with van der Waals surface area (Å²) in [7, 11) is 0. The van der Waals surface area contributed by atoms with Gasteiger partial charge in [-0.1, -0.05) is 0 Å². The quantitative estimate of drug-likeness (QED) is 0.840. The molecule has 5 heteroatoms. The molecule has 1 saturated heterocycles. The van der Waals surface area contributed by atoms with Gasteiger partial charge in [-0.05, 0) is 46.1 Å². The number of aryl methyl sites for hydroxylation is 2. The Balaban J connectivity index is 1.92. The second-order valence-corrected chi connectivity index (χ2v) is 5.90. The fraction of sp³-hybridized carbons (Fsp3) is 0.647. The molecule has 1 aliphatic heterocycles. The molecule has 0 radical (unpaired) electrons. The van der Waals surface area contributed by atoms with Crippen molar-refractivity contribution in [3.63, 3.8) is 0 Å². The maximum Gasteiger partial charge on any atom is 0.257 e. The van der Waals surface area contributed by atoms with E-state index < -0.39 is 0 Å². The van der Waals surface area contributed by atoms with Gasteiger partial charge < -0.3 is 14.2 Å². The minimum absolute atomic E-state index is 0.0525. The Bertz CT molecular complexity index is 530. The topological polar surface area (TPSA) is 53.8 Å². The molecule has 0 spiro atoms. The lowest BCUT2D eigenvalue weighted by Gasteiger charge is -2.28. The van der Waals surface area contributed by atoms with Crippen molar-refractivity contribution >= 4 is 11.8 Å². The van der Waals surface area contributed by atoms with Crippen LogP contribution >= 0.6 is 0 Å². The van der Waals surface area contributed by atoms with Crippen LogP contribution in [-0.4, -0.2) is 47.8 Å². The molecule has 2 amide bonds. The molecule has 1 fully saturated rings. The number of rotatable bonds is 5. The predicted octanol–water partition coefficient (Wildman–Crippen LogP) is 2.76. The Kier molecular flexibility index (Phi) is 5.63. The van der Waals surface area contributed by atoms with E-state index in [1.807, 2.05) is 18.7 Å². The maximum absolute atomic E-state index is 12.5. The second kappa shape index (κ2) is 7.47. The molecule has 0 bridgehead atoms. The summed E-state index contributed by atoms with van der Waals surface area (Å²) >= 11 is 0. The van der Waals surface area contributed by atoms with E-state index in [1.165, 1.54) is 6.42 Å². The standard InChI is InChI=1S/C17H26N2O3/c1-4-18(17(21)15-12-13(2)22-14(15)3)11-8-16(20)19-9-6-5-7-10-19/h12H,4-11H2,1-3H3. The third kappa shape index (κ3) is 3.90. The Labute approximate surface area is 132 Å². The molecule has 1 aromatic rings. The van der Waals surface area contributed by atoms with Gasteiger partial charge in [-0.25, -0.2) is 0 Å². The van der Waals surface area contributed by atoms with Gasteiger partial charge in [-0.2, -0.15) is 0 Å². The SMILES string of the molecule is CCN(CCC(=O)N1CCCCC1)C(=O)c1cc(C)oc1C. The van der Waals surface area contributed by atoms with E-state index in [0.29, 0.717) is 30.8 Å². The molecule has 2 rings (SSSR count). The molecule has 0 saturated carbocycles. The molecule has 5 nitrogen and oxygen atoms in total. The van der Waals surface area contributed by atoms with Gasteiger partial charge in [0.1, 0.15) is 11.5 Å². The summed E-state index contributed by atoms with van der Waals surface area (Å²) in [6.45, 7) is 8.35. The molecule has 0 N–H and O–H groups in total. The monoisotopic (exact) mass is 306 g/mol. The number of piperidine rings is 1. The summed E-state index contributed by atoms with van der Waals surface area (Å²) in [6.07, 6.45) is 3.79. The molecular weight excluding hydrogens is 280 g/mol. The molecule has 1 aliphatic rings. The lowest BCUT2D eigenvalue weighted by molar-refractivity contribution is -0.132. The summed E-state index contributed by atoms with van der Waals surface area (Å²) in [4.78, 5) is 28.4. The number of nitrogens with zero attached hydrogens (tertiary/aromatic N) is 2. The van der Waals surface area contributed by atoms with Crippen LogP contribution in [-0.2, 0) is 4.79 Å². The van der Waals surface area contributed by atoms with Gasteiger partial charge in [0.2, 0.25) is 5.91 Å². The van der Waals surface area contributed by atoms with Gasteiger partial charge in [-0.3, -0.25) is 9.59 Å². The third-order valence-corrected chi connectivity index (χ3v) is 4.24. The van der Waals surface area contributed by atoms with Gasteiger partial charge in [0.15, 0.2) is 0 Å². The van der Waals surface area contributed by atoms with Gasteiger partial charge in [0, 0.05) is 32.6 Å². The van der Waals surface area contributed by atoms with Crippen molar-refractivity contribution in [2.45, 2.75) is 46.5 Å². The minimum Gasteiger partial charge on any atom is -0.466 e. The number of furan rings is 1. The first kappa shape index (κ1) is 16.6. The molecule has 0 aliphatic carbocycles. The van der Waals surface area contributed by atoms with Crippen molar-refractivity contribution in [1.29, 1.82) is 0 Å². The Morgan fingerprint density at radius 1 is 1.23 bits per heavy atom. The zero-order valence-electron chi connectivity index (χ0n) is 13.9. The first-order chi connectivity index (χ1) is 10.5. The van der Waals surface area contributed by atoms with Crippen molar-refractivity contribution in [3.05, 3.63) is 23.2 Å². The van der Waals surface area contributed by atoms with Gasteiger partial charge in [0.05, 0.1) is 5.56 Å². The smallest absolute Gasteiger partial charge is 0.257 e. The largest absolute Gasteiger partial charge is 0.466 e. The highest BCUT2D eigenvalue weighted by atomic mass is 16.3. The fourth-order valence-corrected chi connectivity index (χ4v) is 2.95. The van der Waals surface area contributed by atoms with Crippen molar-refractivity contribution in [1.82, 2.24) is 9.80 Å². The van der Waals surface area contributed by atoms with Crippen molar-refractivity contribution in [2.75, 3.05) is 26.2 Å². The van der Waals surface area contributed by atoms with Gasteiger partial charge >= 0.3 is 0 Å². The summed E-state index contributed by atoms with van der Waals surface area (Å²) in [5.41, 5.74) is 0.602. The zero-order valence-corrected chi connectivity index (χ0v) is 13.9. The highest BCUT2D eigenvalue weighted by molar-refractivity contribution is 5.95. The predicted molar refractivity (Wildman–Crippen MR) is 84.8 cm³/mol. The Hall–Kier alpha value is -1.78. The summed E-state index contributed by atoms with van der Waals surface area (Å²) in [5.74, 6) is 1.49. The molecule has 0 atom stereocenters. The molecule has 0 unspecified atom stereocenters. The average molecular weight is 306 g/mol. The van der Waals surface area contributed by atoms with E-state index in [0.717, 1.165) is 31.7 Å². The number of hydrogen-bond donors (Lipinski definition) is 0. The summed E-state index contributed by atoms with van der Waals surface area (Å²) in [5, 5.41) is 0. The van der Waals surface area contributed by atoms with E-state index in [4.69, 9.17) is 4.42 Å². The highest BCUT2D eigenvalue weighted by Gasteiger charge is 2.22. The lowest BCUT2D eigenvalue weighted by atomic mass is 10.1. The van der Waals surface area contributed by atoms with E-state index in [-0.39, 0.29) is 11.8 Å². The van der Waals surface area contributed by atoms with Gasteiger partial charge in [0.25, 0.3) is 5.91 Å². The van der Waals surface area contributed by atoms with Crippen molar-refractivity contribution < 1.29 is 14.0 Å². The Morgan fingerprint density at radius 3 is 2.45 bits per heavy atom. The number of carbonyl (C=O) groups excluding carboxylic acids is 2. The number of amides is 2. The van der Waals surface area contributed by atoms with Crippen LogP contribution in [0.2, 0.25) is 0 Å². The highest BCUT2D eigenvalue weighted by Crippen LogP contribution is 2.16. The number of likely N-dealkylation sites (tertiary alicyclic amines) is 1. The van der Waals surface area contributed by atoms with Crippen LogP contribution < -0.4 is 0 Å². The fourth-order valence-electron chi connectivity index (χ4n) is 2.95. The summed E-state index contributed by atoms with van der Waals surface area (Å²) < 4.78 is 5.43. The molecule has 2 heterocycles. The van der Waals surface area contributed by atoms with E-state index in [2.05, 4.69) is 0 Å². The second-order valence-electron chi connectivity index (χ2n) is 5.90. The molecular formula is C17H26N2O3. The van der Waals surface area contributed by atoms with Crippen LogP contribution in [0.4, 0.5) is 0 Å². The maximum atomic E-state index is 12.5. The van der Waals surface area contributed by atoms with E-state index >= 15 is 0 Å². The van der Waals surface area contributed by atoms with Gasteiger partial charge in [-0.15, -0.1) is 0 Å². The number of carbonyl (C=O) groups is 2. The van der Waals surface area contributed by atoms with Crippen molar-refractivity contribution in [3.8, 4) is 0 Å². The van der Waals surface area contributed by atoms with E-state index in [9.17, 15) is 9.59 Å². The normalized spacial score (nSPS) is 15.0. The van der Waals surface area contributed by atoms with Crippen LogP contribution in [0.1, 0.15) is 54.5 Å². The van der Waals surface area contributed by atoms with Crippen LogP contribution in [0.15, 0.2) is 10.5 Å². The molecule has 1 aromatic heterocycles. The molecule has 0 aromatic carbocycles. The van der Waals surface area contributed by atoms with E-state index in [1.54, 1.807) is 17.9 Å². The first-order valence-corrected chi connectivity index (χ1v) is 8.17. The average Bonchev–Trinajstić information content (AvgIpc) is 2.87. The van der Waals surface area contributed by atoms with Crippen LogP contribution in [0.3, 0.4) is 0 Å². The van der Waals surface area contributed by atoms with Crippen LogP contribution in [0.5, 0.6) is 0 Å². The lowest BCUT2D eigenvalue weighted by Crippen LogP contribution is -2.39. The Morgan fingerprint density at radius 2 is 1.91 bits per heavy atom. The van der Waals surface area contributed by atoms with Crippen LogP contribution in [0.25, 0.3) is 0 Å². The minimum atomic E-state index is -0.0525. The third-order valence-electron chi connectivity index (χ3n) is 4.24. The zero-order chi connectivity index (χ0) is 16.1. The summed E-state index contributed by atoms with van der Waals surface area (Å²) in [6, 6.07) is 1.77. The van der Waals surface area contributed by atoms with Crippen molar-refractivity contribution in [2.24, 2.45) is 0 Å². The molecule has 122 valence electrons.